The van der Waals surface area contributed by atoms with Gasteiger partial charge in [-0.2, -0.15) is 0 Å². The molecule has 0 atom stereocenters. The Balaban J connectivity index is 1.50. The van der Waals surface area contributed by atoms with E-state index in [1.165, 1.54) is 12.1 Å². The van der Waals surface area contributed by atoms with Crippen LogP contribution < -0.4 is 5.32 Å². The second-order valence-corrected chi connectivity index (χ2v) is 7.75. The van der Waals surface area contributed by atoms with Gasteiger partial charge in [-0.1, -0.05) is 36.7 Å². The third-order valence-corrected chi connectivity index (χ3v) is 5.94. The highest BCUT2D eigenvalue weighted by molar-refractivity contribution is 8.14. The van der Waals surface area contributed by atoms with Gasteiger partial charge in [-0.3, -0.25) is 24.1 Å². The summed E-state index contributed by atoms with van der Waals surface area (Å²) in [5.74, 6) is -1.54. The fraction of sp³-hybridized carbons (Fsp3) is 0.474. The Labute approximate surface area is 166 Å². The summed E-state index contributed by atoms with van der Waals surface area (Å²) in [6.07, 6.45) is 2.90. The number of nitrogens with zero attached hydrogens (tertiary/aromatic N) is 1. The molecule has 1 aromatic rings. The van der Waals surface area contributed by atoms with Crippen molar-refractivity contribution in [3.63, 3.8) is 0 Å². The number of hydrogen-bond donors (Lipinski definition) is 1. The van der Waals surface area contributed by atoms with E-state index in [2.05, 4.69) is 5.32 Å². The first-order valence-corrected chi connectivity index (χ1v) is 10.1. The summed E-state index contributed by atoms with van der Waals surface area (Å²) in [6.45, 7) is -0.264. The smallest absolute Gasteiger partial charge is 0.317 e. The molecule has 7 nitrogen and oxygen atoms in total. The van der Waals surface area contributed by atoms with Crippen LogP contribution in [0.5, 0.6) is 0 Å². The van der Waals surface area contributed by atoms with Crippen LogP contribution in [0.4, 0.5) is 9.18 Å². The Morgan fingerprint density at radius 1 is 1.18 bits per heavy atom. The summed E-state index contributed by atoms with van der Waals surface area (Å²) in [5.41, 5.74) is -0.153. The first kappa shape index (κ1) is 20.3. The number of ether oxygens (including phenoxy) is 1. The van der Waals surface area contributed by atoms with Crippen molar-refractivity contribution < 1.29 is 28.3 Å². The quantitative estimate of drug-likeness (QED) is 0.694. The molecule has 2 aliphatic rings. The van der Waals surface area contributed by atoms with Gasteiger partial charge in [0.2, 0.25) is 5.91 Å². The number of carbonyl (C=O) groups excluding carboxylic acids is 4. The number of amides is 3. The summed E-state index contributed by atoms with van der Waals surface area (Å²) in [4.78, 5) is 48.7. The zero-order valence-corrected chi connectivity index (χ0v) is 16.1. The van der Waals surface area contributed by atoms with E-state index in [0.717, 1.165) is 29.5 Å². The number of nitrogens with one attached hydrogen (secondary N) is 1. The number of carbonyl (C=O) groups is 4. The van der Waals surface area contributed by atoms with E-state index in [0.29, 0.717) is 18.4 Å². The van der Waals surface area contributed by atoms with Gasteiger partial charge in [0.05, 0.1) is 11.2 Å². The SMILES string of the molecule is O=C(COC(=O)C1(c2ccc(F)cc2)CCCC1)NCCN1C(=O)CSC1=O. The number of halogens is 1. The van der Waals surface area contributed by atoms with E-state index in [9.17, 15) is 23.6 Å². The third-order valence-electron chi connectivity index (χ3n) is 5.08. The van der Waals surface area contributed by atoms with E-state index >= 15 is 0 Å². The van der Waals surface area contributed by atoms with Crippen LogP contribution in [-0.4, -0.2) is 53.4 Å². The van der Waals surface area contributed by atoms with Crippen molar-refractivity contribution in [2.45, 2.75) is 31.1 Å². The number of rotatable bonds is 7. The maximum atomic E-state index is 13.2. The number of esters is 1. The Morgan fingerprint density at radius 3 is 2.46 bits per heavy atom. The minimum atomic E-state index is -0.848. The Kier molecular flexibility index (Phi) is 6.33. The van der Waals surface area contributed by atoms with E-state index < -0.39 is 23.9 Å². The highest BCUT2D eigenvalue weighted by Gasteiger charge is 2.44. The summed E-state index contributed by atoms with van der Waals surface area (Å²) in [5, 5.41) is 2.21. The van der Waals surface area contributed by atoms with Crippen LogP contribution in [0.25, 0.3) is 0 Å². The second-order valence-electron chi connectivity index (χ2n) is 6.82. The number of benzene rings is 1. The van der Waals surface area contributed by atoms with Crippen molar-refractivity contribution in [2.24, 2.45) is 0 Å². The monoisotopic (exact) mass is 408 g/mol. The molecule has 1 saturated carbocycles. The predicted octanol–water partition coefficient (Wildman–Crippen LogP) is 1.99. The molecule has 0 unspecified atom stereocenters. The van der Waals surface area contributed by atoms with Crippen molar-refractivity contribution in [3.8, 4) is 0 Å². The summed E-state index contributed by atoms with van der Waals surface area (Å²) >= 11 is 0.931. The molecule has 3 amide bonds. The van der Waals surface area contributed by atoms with Gasteiger partial charge in [-0.15, -0.1) is 0 Å². The minimum Gasteiger partial charge on any atom is -0.455 e. The van der Waals surface area contributed by atoms with Crippen molar-refractivity contribution in [3.05, 3.63) is 35.6 Å². The maximum Gasteiger partial charge on any atom is 0.317 e. The average Bonchev–Trinajstić information content (AvgIpc) is 3.30. The van der Waals surface area contributed by atoms with Gasteiger partial charge in [0, 0.05) is 13.1 Å². The van der Waals surface area contributed by atoms with Crippen LogP contribution in [0.3, 0.4) is 0 Å². The molecule has 1 aliphatic heterocycles. The molecule has 150 valence electrons. The molecule has 0 radical (unpaired) electrons. The molecule has 28 heavy (non-hydrogen) atoms. The predicted molar refractivity (Wildman–Crippen MR) is 100 cm³/mol. The highest BCUT2D eigenvalue weighted by Crippen LogP contribution is 2.42. The Morgan fingerprint density at radius 2 is 1.86 bits per heavy atom. The lowest BCUT2D eigenvalue weighted by Crippen LogP contribution is -2.40. The van der Waals surface area contributed by atoms with Crippen LogP contribution >= 0.6 is 11.8 Å². The summed E-state index contributed by atoms with van der Waals surface area (Å²) < 4.78 is 18.5. The molecule has 1 heterocycles. The Hall–Kier alpha value is -2.42. The number of hydrogen-bond acceptors (Lipinski definition) is 6. The van der Waals surface area contributed by atoms with Gasteiger partial charge >= 0.3 is 5.97 Å². The van der Waals surface area contributed by atoms with E-state index in [1.807, 2.05) is 0 Å². The van der Waals surface area contributed by atoms with Crippen molar-refractivity contribution >= 4 is 34.8 Å². The molecule has 0 spiro atoms. The van der Waals surface area contributed by atoms with Gasteiger partial charge in [0.15, 0.2) is 6.61 Å². The third kappa shape index (κ3) is 4.35. The molecule has 1 N–H and O–H groups in total. The van der Waals surface area contributed by atoms with Gasteiger partial charge in [0.25, 0.3) is 11.1 Å². The van der Waals surface area contributed by atoms with Crippen molar-refractivity contribution in [1.29, 1.82) is 0 Å². The van der Waals surface area contributed by atoms with Crippen LogP contribution in [0.2, 0.25) is 0 Å². The van der Waals surface area contributed by atoms with Crippen LogP contribution in [0.15, 0.2) is 24.3 Å². The van der Waals surface area contributed by atoms with E-state index in [4.69, 9.17) is 4.74 Å². The van der Waals surface area contributed by atoms with E-state index in [-0.39, 0.29) is 35.8 Å². The topological polar surface area (TPSA) is 92.8 Å². The van der Waals surface area contributed by atoms with Crippen molar-refractivity contribution in [2.75, 3.05) is 25.4 Å². The first-order valence-electron chi connectivity index (χ1n) is 9.09. The molecule has 3 rings (SSSR count). The fourth-order valence-electron chi connectivity index (χ4n) is 3.58. The molecule has 9 heteroatoms. The minimum absolute atomic E-state index is 0.0872. The van der Waals surface area contributed by atoms with Gasteiger partial charge in [-0.25, -0.2) is 4.39 Å². The zero-order chi connectivity index (χ0) is 20.1. The number of thioether (sulfide) groups is 1. The molecule has 0 bridgehead atoms. The van der Waals surface area contributed by atoms with Gasteiger partial charge in [-0.05, 0) is 30.5 Å². The first-order chi connectivity index (χ1) is 13.4. The van der Waals surface area contributed by atoms with E-state index in [1.54, 1.807) is 12.1 Å². The van der Waals surface area contributed by atoms with Crippen LogP contribution in [-0.2, 0) is 24.5 Å². The molecule has 1 aliphatic carbocycles. The molecule has 1 aromatic carbocycles. The second kappa shape index (κ2) is 8.72. The summed E-state index contributed by atoms with van der Waals surface area (Å²) in [7, 11) is 0. The average molecular weight is 408 g/mol. The standard InChI is InChI=1S/C19H21FN2O5S/c20-14-5-3-13(4-6-14)19(7-1-2-8-19)17(25)27-11-15(23)21-9-10-22-16(24)12-28-18(22)26/h3-6H,1-2,7-12H2,(H,21,23). The molecule has 0 aromatic heterocycles. The normalized spacial score (nSPS) is 18.4. The van der Waals surface area contributed by atoms with Gasteiger partial charge < -0.3 is 10.1 Å². The lowest BCUT2D eigenvalue weighted by atomic mass is 9.79. The maximum absolute atomic E-state index is 13.2. The molecule has 1 saturated heterocycles. The molecular formula is C19H21FN2O5S. The highest BCUT2D eigenvalue weighted by atomic mass is 32.2. The molecular weight excluding hydrogens is 387 g/mol. The van der Waals surface area contributed by atoms with Gasteiger partial charge in [0.1, 0.15) is 5.82 Å². The lowest BCUT2D eigenvalue weighted by molar-refractivity contribution is -0.154. The number of imide groups is 1. The van der Waals surface area contributed by atoms with Crippen LogP contribution in [0.1, 0.15) is 31.2 Å². The lowest BCUT2D eigenvalue weighted by Gasteiger charge is -2.27. The summed E-state index contributed by atoms with van der Waals surface area (Å²) in [6, 6.07) is 5.80. The molecule has 2 fully saturated rings. The zero-order valence-electron chi connectivity index (χ0n) is 15.2. The van der Waals surface area contributed by atoms with Crippen LogP contribution in [0, 0.1) is 5.82 Å². The largest absolute Gasteiger partial charge is 0.455 e. The fourth-order valence-corrected chi connectivity index (χ4v) is 4.33. The Bertz CT molecular complexity index is 761. The van der Waals surface area contributed by atoms with Crippen molar-refractivity contribution in [1.82, 2.24) is 10.2 Å².